The van der Waals surface area contributed by atoms with Crippen molar-refractivity contribution in [2.75, 3.05) is 6.61 Å². The monoisotopic (exact) mass is 381 g/mol. The molecule has 0 bridgehead atoms. The van der Waals surface area contributed by atoms with Crippen LogP contribution in [-0.2, 0) is 6.54 Å². The van der Waals surface area contributed by atoms with Crippen LogP contribution in [0.4, 0.5) is 4.79 Å². The van der Waals surface area contributed by atoms with E-state index < -0.39 is 6.03 Å². The Balaban J connectivity index is 1.69. The van der Waals surface area contributed by atoms with Gasteiger partial charge in [0.15, 0.2) is 11.3 Å². The molecule has 0 spiro atoms. The molecule has 0 aliphatic heterocycles. The van der Waals surface area contributed by atoms with Crippen molar-refractivity contribution >= 4 is 22.9 Å². The van der Waals surface area contributed by atoms with Crippen LogP contribution in [0.5, 0.6) is 5.75 Å². The number of rotatable bonds is 7. The summed E-state index contributed by atoms with van der Waals surface area (Å²) in [6.07, 6.45) is 0. The molecule has 2 aromatic carbocycles. The summed E-state index contributed by atoms with van der Waals surface area (Å²) in [7, 11) is 0. The van der Waals surface area contributed by atoms with Crippen molar-refractivity contribution in [2.45, 2.75) is 26.4 Å². The van der Waals surface area contributed by atoms with Crippen molar-refractivity contribution in [1.29, 1.82) is 0 Å². The second kappa shape index (κ2) is 8.47. The molecule has 0 aliphatic rings. The van der Waals surface area contributed by atoms with E-state index in [0.29, 0.717) is 35.8 Å². The zero-order valence-corrected chi connectivity index (χ0v) is 15.8. The van der Waals surface area contributed by atoms with Crippen LogP contribution >= 0.6 is 0 Å². The zero-order valence-electron chi connectivity index (χ0n) is 15.8. The number of furan rings is 1. The van der Waals surface area contributed by atoms with E-state index in [-0.39, 0.29) is 11.9 Å². The third-order valence-corrected chi connectivity index (χ3v) is 4.28. The lowest BCUT2D eigenvalue weighted by Gasteiger charge is -2.12. The number of carbonyl (C=O) groups excluding carboxylic acids is 2. The number of para-hydroxylation sites is 1. The van der Waals surface area contributed by atoms with E-state index in [4.69, 9.17) is 14.9 Å². The van der Waals surface area contributed by atoms with Crippen LogP contribution in [0.3, 0.4) is 0 Å². The van der Waals surface area contributed by atoms with Crippen LogP contribution in [0.15, 0.2) is 52.9 Å². The molecule has 146 valence electrons. The molecule has 4 N–H and O–H groups in total. The fourth-order valence-electron chi connectivity index (χ4n) is 2.85. The molecule has 28 heavy (non-hydrogen) atoms. The third kappa shape index (κ3) is 4.43. The fraction of sp³-hybridized carbons (Fsp3) is 0.238. The van der Waals surface area contributed by atoms with Crippen LogP contribution in [-0.4, -0.2) is 18.5 Å². The topological polar surface area (TPSA) is 107 Å². The minimum atomic E-state index is -0.589. The first-order chi connectivity index (χ1) is 13.5. The summed E-state index contributed by atoms with van der Waals surface area (Å²) in [5.41, 5.74) is 7.09. The van der Waals surface area contributed by atoms with Gasteiger partial charge in [-0.15, -0.1) is 0 Å². The number of hydrogen-bond acceptors (Lipinski definition) is 4. The Morgan fingerprint density at radius 3 is 2.61 bits per heavy atom. The number of hydrogen-bond donors (Lipinski definition) is 3. The molecule has 0 radical (unpaired) electrons. The minimum Gasteiger partial charge on any atom is -0.490 e. The molecular weight excluding hydrogens is 358 g/mol. The van der Waals surface area contributed by atoms with Gasteiger partial charge in [0.25, 0.3) is 5.91 Å². The molecule has 1 atom stereocenters. The SMILES string of the molecule is CCOc1cccc2cc(C(C)NC(=O)c3ccc(CNC(N)=O)cc3)oc12. The summed E-state index contributed by atoms with van der Waals surface area (Å²) < 4.78 is 11.5. The van der Waals surface area contributed by atoms with Crippen molar-refractivity contribution in [3.05, 3.63) is 65.4 Å². The van der Waals surface area contributed by atoms with E-state index in [1.807, 2.05) is 38.1 Å². The summed E-state index contributed by atoms with van der Waals surface area (Å²) in [6.45, 7) is 4.64. The highest BCUT2D eigenvalue weighted by atomic mass is 16.5. The Labute approximate surface area is 162 Å². The predicted molar refractivity (Wildman–Crippen MR) is 106 cm³/mol. The van der Waals surface area contributed by atoms with Crippen molar-refractivity contribution in [3.8, 4) is 5.75 Å². The molecule has 7 nitrogen and oxygen atoms in total. The van der Waals surface area contributed by atoms with Crippen LogP contribution < -0.4 is 21.1 Å². The van der Waals surface area contributed by atoms with Crippen molar-refractivity contribution in [3.63, 3.8) is 0 Å². The van der Waals surface area contributed by atoms with E-state index in [2.05, 4.69) is 10.6 Å². The highest BCUT2D eigenvalue weighted by Crippen LogP contribution is 2.31. The van der Waals surface area contributed by atoms with Gasteiger partial charge >= 0.3 is 6.03 Å². The lowest BCUT2D eigenvalue weighted by atomic mass is 10.1. The summed E-state index contributed by atoms with van der Waals surface area (Å²) in [5.74, 6) is 1.12. The van der Waals surface area contributed by atoms with Crippen LogP contribution in [0, 0.1) is 0 Å². The molecule has 3 aromatic rings. The number of nitrogens with one attached hydrogen (secondary N) is 2. The van der Waals surface area contributed by atoms with E-state index in [9.17, 15) is 9.59 Å². The summed E-state index contributed by atoms with van der Waals surface area (Å²) in [5, 5.41) is 6.36. The minimum absolute atomic E-state index is 0.215. The lowest BCUT2D eigenvalue weighted by molar-refractivity contribution is 0.0935. The number of primary amides is 1. The van der Waals surface area contributed by atoms with E-state index in [1.165, 1.54) is 0 Å². The Morgan fingerprint density at radius 2 is 1.93 bits per heavy atom. The van der Waals surface area contributed by atoms with E-state index >= 15 is 0 Å². The maximum Gasteiger partial charge on any atom is 0.312 e. The quantitative estimate of drug-likeness (QED) is 0.582. The molecule has 3 rings (SSSR count). The molecule has 1 heterocycles. The van der Waals surface area contributed by atoms with Gasteiger partial charge in [-0.25, -0.2) is 4.79 Å². The van der Waals surface area contributed by atoms with Gasteiger partial charge in [0.1, 0.15) is 5.76 Å². The number of amides is 3. The number of nitrogens with two attached hydrogens (primary N) is 1. The molecule has 1 aromatic heterocycles. The Bertz CT molecular complexity index is 979. The van der Waals surface area contributed by atoms with Gasteiger partial charge in [0.05, 0.1) is 12.6 Å². The summed E-state index contributed by atoms with van der Waals surface area (Å²) in [6, 6.07) is 13.6. The van der Waals surface area contributed by atoms with Gasteiger partial charge in [0.2, 0.25) is 0 Å². The van der Waals surface area contributed by atoms with Gasteiger partial charge < -0.3 is 25.5 Å². The van der Waals surface area contributed by atoms with Crippen molar-refractivity contribution in [1.82, 2.24) is 10.6 Å². The average Bonchev–Trinajstić information content (AvgIpc) is 3.12. The largest absolute Gasteiger partial charge is 0.490 e. The van der Waals surface area contributed by atoms with Gasteiger partial charge in [-0.1, -0.05) is 24.3 Å². The standard InChI is InChI=1S/C21H23N3O4/c1-3-27-17-6-4-5-16-11-18(28-19(16)17)13(2)24-20(25)15-9-7-14(8-10-15)12-23-21(22)26/h4-11,13H,3,12H2,1-2H3,(H,24,25)(H3,22,23,26). The van der Waals surface area contributed by atoms with Crippen LogP contribution in [0.1, 0.15) is 41.6 Å². The molecule has 7 heteroatoms. The first-order valence-corrected chi connectivity index (χ1v) is 9.06. The van der Waals surface area contributed by atoms with E-state index in [0.717, 1.165) is 10.9 Å². The number of fused-ring (bicyclic) bond motifs is 1. The molecular formula is C21H23N3O4. The van der Waals surface area contributed by atoms with Crippen molar-refractivity contribution in [2.24, 2.45) is 5.73 Å². The number of carbonyl (C=O) groups is 2. The highest BCUT2D eigenvalue weighted by molar-refractivity contribution is 5.94. The van der Waals surface area contributed by atoms with Crippen molar-refractivity contribution < 1.29 is 18.7 Å². The van der Waals surface area contributed by atoms with Gasteiger partial charge in [-0.05, 0) is 43.7 Å². The summed E-state index contributed by atoms with van der Waals surface area (Å²) >= 11 is 0. The third-order valence-electron chi connectivity index (χ3n) is 4.28. The first kappa shape index (κ1) is 19.3. The summed E-state index contributed by atoms with van der Waals surface area (Å²) in [4.78, 5) is 23.3. The molecule has 3 amide bonds. The Hall–Kier alpha value is -3.48. The smallest absolute Gasteiger partial charge is 0.312 e. The Kier molecular flexibility index (Phi) is 5.84. The lowest BCUT2D eigenvalue weighted by Crippen LogP contribution is -2.28. The average molecular weight is 381 g/mol. The molecule has 0 saturated heterocycles. The fourth-order valence-corrected chi connectivity index (χ4v) is 2.85. The molecule has 0 saturated carbocycles. The second-order valence-electron chi connectivity index (χ2n) is 6.37. The maximum absolute atomic E-state index is 12.5. The predicted octanol–water partition coefficient (Wildman–Crippen LogP) is 3.49. The Morgan fingerprint density at radius 1 is 1.18 bits per heavy atom. The zero-order chi connectivity index (χ0) is 20.1. The second-order valence-corrected chi connectivity index (χ2v) is 6.37. The maximum atomic E-state index is 12.5. The molecule has 0 fully saturated rings. The first-order valence-electron chi connectivity index (χ1n) is 9.06. The van der Waals surface area contributed by atoms with Crippen LogP contribution in [0.25, 0.3) is 11.0 Å². The normalized spacial score (nSPS) is 11.8. The molecule has 0 aliphatic carbocycles. The van der Waals surface area contributed by atoms with Gasteiger partial charge in [-0.2, -0.15) is 0 Å². The van der Waals surface area contributed by atoms with Gasteiger partial charge in [-0.3, -0.25) is 4.79 Å². The highest BCUT2D eigenvalue weighted by Gasteiger charge is 2.17. The number of ether oxygens (including phenoxy) is 1. The molecule has 1 unspecified atom stereocenters. The van der Waals surface area contributed by atoms with Crippen LogP contribution in [0.2, 0.25) is 0 Å². The van der Waals surface area contributed by atoms with Gasteiger partial charge in [0, 0.05) is 17.5 Å². The van der Waals surface area contributed by atoms with E-state index in [1.54, 1.807) is 24.3 Å². The number of urea groups is 1. The number of benzene rings is 2.